The van der Waals surface area contributed by atoms with Crippen molar-refractivity contribution in [1.29, 1.82) is 0 Å². The van der Waals surface area contributed by atoms with Crippen LogP contribution < -0.4 is 0 Å². The van der Waals surface area contributed by atoms with Crippen molar-refractivity contribution in [3.05, 3.63) is 217 Å². The summed E-state index contributed by atoms with van der Waals surface area (Å²) < 4.78 is 0. The van der Waals surface area contributed by atoms with Gasteiger partial charge in [0.15, 0.2) is 0 Å². The zero-order chi connectivity index (χ0) is 40.7. The number of benzene rings is 10. The molecule has 10 aromatic carbocycles. The first-order chi connectivity index (χ1) is 30.0. The molecule has 2 heteroatoms. The molecule has 0 atom stereocenters. The zero-order valence-corrected chi connectivity index (χ0v) is 34.0. The van der Waals surface area contributed by atoms with Gasteiger partial charge in [0.1, 0.15) is 0 Å². The number of hydrogen-bond acceptors (Lipinski definition) is 2. The highest BCUT2D eigenvalue weighted by molar-refractivity contribution is 6.23. The van der Waals surface area contributed by atoms with Crippen molar-refractivity contribution in [3.8, 4) is 67.0 Å². The van der Waals surface area contributed by atoms with E-state index in [4.69, 9.17) is 9.97 Å². The Bertz CT molecular complexity index is 3550. The van der Waals surface area contributed by atoms with Gasteiger partial charge in [-0.3, -0.25) is 0 Å². The van der Waals surface area contributed by atoms with Crippen molar-refractivity contribution in [2.45, 2.75) is 19.3 Å². The van der Waals surface area contributed by atoms with Crippen LogP contribution in [0.1, 0.15) is 25.0 Å². The molecular formula is C59H40N2. The molecule has 11 aromatic rings. The van der Waals surface area contributed by atoms with Crippen molar-refractivity contribution in [3.63, 3.8) is 0 Å². The number of fused-ring (bicyclic) bond motifs is 7. The maximum atomic E-state index is 5.42. The molecule has 0 spiro atoms. The van der Waals surface area contributed by atoms with Crippen LogP contribution in [0.3, 0.4) is 0 Å². The molecular weight excluding hydrogens is 737 g/mol. The molecule has 0 saturated heterocycles. The minimum Gasteiger partial charge on any atom is -0.244 e. The van der Waals surface area contributed by atoms with Crippen LogP contribution in [-0.2, 0) is 5.41 Å². The molecule has 1 aliphatic rings. The summed E-state index contributed by atoms with van der Waals surface area (Å²) in [7, 11) is 0. The molecule has 1 heterocycles. The molecule has 0 fully saturated rings. The molecule has 1 aromatic heterocycles. The maximum absolute atomic E-state index is 5.42. The average Bonchev–Trinajstić information content (AvgIpc) is 3.56. The summed E-state index contributed by atoms with van der Waals surface area (Å²) in [6.07, 6.45) is 0. The van der Waals surface area contributed by atoms with Crippen LogP contribution in [0.5, 0.6) is 0 Å². The molecule has 286 valence electrons. The molecule has 0 unspecified atom stereocenters. The van der Waals surface area contributed by atoms with E-state index < -0.39 is 0 Å². The standard InChI is InChI=1S/C59H40N2/c1-59(2)50-26-14-13-24-47(50)56-48(25-15-27-51(56)59)55-45-23-12-11-22-44(45)54(46-32-30-42(35-49(46)55)41-29-28-37-16-9-10-21-40(37)34-41)43-31-33-52-53(36-43)61-58(39-19-7-4-8-20-39)57(60-52)38-17-5-3-6-18-38/h3-36H,1-2H3. The Kier molecular flexibility index (Phi) is 7.92. The Morgan fingerprint density at radius 1 is 0.311 bits per heavy atom. The van der Waals surface area contributed by atoms with Crippen LogP contribution >= 0.6 is 0 Å². The molecule has 61 heavy (non-hydrogen) atoms. The van der Waals surface area contributed by atoms with Gasteiger partial charge in [-0.25, -0.2) is 9.97 Å². The molecule has 0 radical (unpaired) electrons. The van der Waals surface area contributed by atoms with Crippen LogP contribution in [0.2, 0.25) is 0 Å². The summed E-state index contributed by atoms with van der Waals surface area (Å²) in [5.74, 6) is 0. The van der Waals surface area contributed by atoms with E-state index in [9.17, 15) is 0 Å². The van der Waals surface area contributed by atoms with Crippen LogP contribution in [-0.4, -0.2) is 9.97 Å². The monoisotopic (exact) mass is 776 g/mol. The van der Waals surface area contributed by atoms with Gasteiger partial charge >= 0.3 is 0 Å². The average molecular weight is 777 g/mol. The first-order valence-corrected chi connectivity index (χ1v) is 21.2. The highest BCUT2D eigenvalue weighted by Crippen LogP contribution is 2.55. The normalized spacial score (nSPS) is 12.9. The third-order valence-corrected chi connectivity index (χ3v) is 13.0. The number of nitrogens with zero attached hydrogens (tertiary/aromatic N) is 2. The number of rotatable bonds is 5. The minimum atomic E-state index is -0.116. The molecule has 2 nitrogen and oxygen atoms in total. The third-order valence-electron chi connectivity index (χ3n) is 13.0. The lowest BCUT2D eigenvalue weighted by molar-refractivity contribution is 0.660. The predicted octanol–water partition coefficient (Wildman–Crippen LogP) is 15.7. The first kappa shape index (κ1) is 35.3. The lowest BCUT2D eigenvalue weighted by atomic mass is 9.80. The molecule has 12 rings (SSSR count). The van der Waals surface area contributed by atoms with E-state index in [1.165, 1.54) is 82.4 Å². The second-order valence-electron chi connectivity index (χ2n) is 16.9. The fraction of sp³-hybridized carbons (Fsp3) is 0.0508. The van der Waals surface area contributed by atoms with Gasteiger partial charge in [0.2, 0.25) is 0 Å². The number of hydrogen-bond donors (Lipinski definition) is 0. The predicted molar refractivity (Wildman–Crippen MR) is 257 cm³/mol. The maximum Gasteiger partial charge on any atom is 0.0973 e. The van der Waals surface area contributed by atoms with E-state index in [2.05, 4.69) is 208 Å². The fourth-order valence-corrected chi connectivity index (χ4v) is 10.1. The van der Waals surface area contributed by atoms with E-state index in [1.807, 2.05) is 12.1 Å². The Labute approximate surface area is 355 Å². The van der Waals surface area contributed by atoms with Crippen LogP contribution in [0, 0.1) is 0 Å². The van der Waals surface area contributed by atoms with E-state index in [0.29, 0.717) is 0 Å². The quantitative estimate of drug-likeness (QED) is 0.163. The van der Waals surface area contributed by atoms with Crippen molar-refractivity contribution in [2.75, 3.05) is 0 Å². The highest BCUT2D eigenvalue weighted by atomic mass is 14.8. The summed E-state index contributed by atoms with van der Waals surface area (Å²) in [4.78, 5) is 10.7. The summed E-state index contributed by atoms with van der Waals surface area (Å²) in [5.41, 5.74) is 18.1. The van der Waals surface area contributed by atoms with E-state index in [-0.39, 0.29) is 5.41 Å². The SMILES string of the molecule is CC1(C)c2ccccc2-c2c(-c3c4ccccc4c(-c4ccc5nc(-c6ccccc6)c(-c6ccccc6)nc5c4)c4ccc(-c5ccc6ccccc6c5)cc34)cccc21. The van der Waals surface area contributed by atoms with Crippen molar-refractivity contribution in [2.24, 2.45) is 0 Å². The van der Waals surface area contributed by atoms with E-state index in [0.717, 1.165) is 39.1 Å². The topological polar surface area (TPSA) is 25.8 Å². The zero-order valence-electron chi connectivity index (χ0n) is 34.0. The lowest BCUT2D eigenvalue weighted by Crippen LogP contribution is -2.14. The van der Waals surface area contributed by atoms with Gasteiger partial charge in [0.25, 0.3) is 0 Å². The molecule has 1 aliphatic carbocycles. The summed E-state index contributed by atoms with van der Waals surface area (Å²) in [5, 5.41) is 7.35. The molecule has 0 bridgehead atoms. The number of aromatic nitrogens is 2. The van der Waals surface area contributed by atoms with Gasteiger partial charge < -0.3 is 0 Å². The highest BCUT2D eigenvalue weighted by Gasteiger charge is 2.37. The Morgan fingerprint density at radius 3 is 1.64 bits per heavy atom. The Morgan fingerprint density at radius 2 is 0.869 bits per heavy atom. The van der Waals surface area contributed by atoms with Gasteiger partial charge in [-0.05, 0) is 112 Å². The molecule has 0 aliphatic heterocycles. The van der Waals surface area contributed by atoms with E-state index >= 15 is 0 Å². The van der Waals surface area contributed by atoms with Crippen molar-refractivity contribution < 1.29 is 0 Å². The lowest BCUT2D eigenvalue weighted by Gasteiger charge is -2.23. The smallest absolute Gasteiger partial charge is 0.0973 e. The van der Waals surface area contributed by atoms with Crippen LogP contribution in [0.25, 0.3) is 110 Å². The van der Waals surface area contributed by atoms with Crippen molar-refractivity contribution in [1.82, 2.24) is 9.97 Å². The van der Waals surface area contributed by atoms with Gasteiger partial charge in [-0.2, -0.15) is 0 Å². The van der Waals surface area contributed by atoms with Gasteiger partial charge in [-0.1, -0.05) is 196 Å². The second-order valence-corrected chi connectivity index (χ2v) is 16.9. The van der Waals surface area contributed by atoms with Gasteiger partial charge in [-0.15, -0.1) is 0 Å². The Balaban J connectivity index is 1.16. The third kappa shape index (κ3) is 5.56. The Hall–Kier alpha value is -7.68. The van der Waals surface area contributed by atoms with Gasteiger partial charge in [0, 0.05) is 16.5 Å². The second kappa shape index (κ2) is 13.7. The molecule has 0 saturated carbocycles. The molecule has 0 amide bonds. The van der Waals surface area contributed by atoms with Crippen molar-refractivity contribution >= 4 is 43.4 Å². The van der Waals surface area contributed by atoms with Crippen LogP contribution in [0.15, 0.2) is 206 Å². The van der Waals surface area contributed by atoms with Gasteiger partial charge in [0.05, 0.1) is 22.4 Å². The largest absolute Gasteiger partial charge is 0.244 e. The van der Waals surface area contributed by atoms with Crippen LogP contribution in [0.4, 0.5) is 0 Å². The fourth-order valence-electron chi connectivity index (χ4n) is 10.1. The summed E-state index contributed by atoms with van der Waals surface area (Å²) >= 11 is 0. The molecule has 0 N–H and O–H groups in total. The van der Waals surface area contributed by atoms with E-state index in [1.54, 1.807) is 0 Å². The summed E-state index contributed by atoms with van der Waals surface area (Å²) in [6.45, 7) is 4.74. The first-order valence-electron chi connectivity index (χ1n) is 21.2. The minimum absolute atomic E-state index is 0.116. The summed E-state index contributed by atoms with van der Waals surface area (Å²) in [6, 6.07) is 75.0.